The second kappa shape index (κ2) is 10.3. The van der Waals surface area contributed by atoms with Gasteiger partial charge < -0.3 is 15.0 Å². The molecule has 8 heteroatoms. The maximum atomic E-state index is 12.5. The number of piperidine rings is 1. The minimum absolute atomic E-state index is 0.00235. The van der Waals surface area contributed by atoms with Gasteiger partial charge in [0.25, 0.3) is 0 Å². The van der Waals surface area contributed by atoms with Crippen LogP contribution < -0.4 is 10.2 Å². The zero-order chi connectivity index (χ0) is 20.8. The summed E-state index contributed by atoms with van der Waals surface area (Å²) in [6.45, 7) is 5.62. The fourth-order valence-corrected chi connectivity index (χ4v) is 4.86. The molecule has 1 aromatic heterocycles. The van der Waals surface area contributed by atoms with Crippen molar-refractivity contribution < 1.29 is 9.53 Å². The topological polar surface area (TPSA) is 72.3 Å². The Hall–Kier alpha value is -2.06. The van der Waals surface area contributed by atoms with Gasteiger partial charge in [0.15, 0.2) is 5.16 Å². The normalized spacial score (nSPS) is 20.3. The Morgan fingerprint density at radius 3 is 2.73 bits per heavy atom. The van der Waals surface area contributed by atoms with Crippen molar-refractivity contribution >= 4 is 23.6 Å². The van der Waals surface area contributed by atoms with Gasteiger partial charge in [-0.25, -0.2) is 0 Å². The van der Waals surface area contributed by atoms with Crippen molar-refractivity contribution in [3.8, 4) is 0 Å². The summed E-state index contributed by atoms with van der Waals surface area (Å²) in [5, 5.41) is 12.8. The van der Waals surface area contributed by atoms with Crippen LogP contribution in [-0.4, -0.2) is 52.2 Å². The summed E-state index contributed by atoms with van der Waals surface area (Å²) in [5.74, 6) is 1.24. The lowest BCUT2D eigenvalue weighted by Crippen LogP contribution is -2.33. The predicted octanol–water partition coefficient (Wildman–Crippen LogP) is 3.42. The molecule has 1 aromatic carbocycles. The summed E-state index contributed by atoms with van der Waals surface area (Å²) in [7, 11) is 0. The standard InChI is InChI=1S/C22H31N5O2S/c1-17(18-9-4-2-5-10-18)23-20(28)16-30-22-25-24-21(26-12-6-3-7-13-26)27(22)15-19-11-8-14-29-19/h2,4-5,9-10,17,19H,3,6-8,11-16H2,1H3,(H,23,28)/t17-,19-/m0/s1. The first-order valence-corrected chi connectivity index (χ1v) is 12.0. The molecule has 2 aliphatic rings. The molecule has 162 valence electrons. The smallest absolute Gasteiger partial charge is 0.230 e. The summed E-state index contributed by atoms with van der Waals surface area (Å²) < 4.78 is 8.03. The molecule has 0 aliphatic carbocycles. The van der Waals surface area contributed by atoms with Gasteiger partial charge in [0.05, 0.1) is 24.4 Å². The molecule has 1 amide bonds. The van der Waals surface area contributed by atoms with Crippen molar-refractivity contribution in [1.82, 2.24) is 20.1 Å². The van der Waals surface area contributed by atoms with E-state index in [1.165, 1.54) is 31.0 Å². The van der Waals surface area contributed by atoms with Crippen LogP contribution in [0, 0.1) is 0 Å². The molecule has 0 saturated carbocycles. The highest BCUT2D eigenvalue weighted by molar-refractivity contribution is 7.99. The lowest BCUT2D eigenvalue weighted by molar-refractivity contribution is -0.119. The Kier molecular flexibility index (Phi) is 7.28. The Morgan fingerprint density at radius 1 is 1.20 bits per heavy atom. The van der Waals surface area contributed by atoms with E-state index in [1.807, 2.05) is 37.3 Å². The molecular formula is C22H31N5O2S. The maximum absolute atomic E-state index is 12.5. The van der Waals surface area contributed by atoms with E-state index < -0.39 is 0 Å². The van der Waals surface area contributed by atoms with Crippen molar-refractivity contribution in [2.45, 2.75) is 62.9 Å². The van der Waals surface area contributed by atoms with Crippen LogP contribution in [0.25, 0.3) is 0 Å². The van der Waals surface area contributed by atoms with Gasteiger partial charge in [-0.3, -0.25) is 9.36 Å². The van der Waals surface area contributed by atoms with Crippen LogP contribution in [0.2, 0.25) is 0 Å². The molecule has 2 fully saturated rings. The number of nitrogens with one attached hydrogen (secondary N) is 1. The third kappa shape index (κ3) is 5.35. The highest BCUT2D eigenvalue weighted by Crippen LogP contribution is 2.27. The predicted molar refractivity (Wildman–Crippen MR) is 119 cm³/mol. The molecule has 0 bridgehead atoms. The van der Waals surface area contributed by atoms with Crippen molar-refractivity contribution in [3.63, 3.8) is 0 Å². The molecule has 0 unspecified atom stereocenters. The molecular weight excluding hydrogens is 398 g/mol. The summed E-state index contributed by atoms with van der Waals surface area (Å²) in [4.78, 5) is 14.9. The molecule has 7 nitrogen and oxygen atoms in total. The van der Waals surface area contributed by atoms with Crippen LogP contribution in [-0.2, 0) is 16.1 Å². The van der Waals surface area contributed by atoms with Gasteiger partial charge in [0, 0.05) is 19.7 Å². The number of hydrogen-bond donors (Lipinski definition) is 1. The molecule has 1 N–H and O–H groups in total. The van der Waals surface area contributed by atoms with Gasteiger partial charge in [-0.2, -0.15) is 0 Å². The van der Waals surface area contributed by atoms with Crippen molar-refractivity contribution in [2.24, 2.45) is 0 Å². The summed E-state index contributed by atoms with van der Waals surface area (Å²) in [6, 6.07) is 10.00. The number of aromatic nitrogens is 3. The Morgan fingerprint density at radius 2 is 2.00 bits per heavy atom. The first-order chi connectivity index (χ1) is 14.7. The first-order valence-electron chi connectivity index (χ1n) is 11.0. The third-order valence-electron chi connectivity index (χ3n) is 5.76. The van der Waals surface area contributed by atoms with Crippen LogP contribution in [0.5, 0.6) is 0 Å². The van der Waals surface area contributed by atoms with Crippen molar-refractivity contribution in [2.75, 3.05) is 30.3 Å². The fraction of sp³-hybridized carbons (Fsp3) is 0.591. The molecule has 2 aromatic rings. The number of benzene rings is 1. The largest absolute Gasteiger partial charge is 0.376 e. The average Bonchev–Trinajstić information content (AvgIpc) is 3.44. The minimum atomic E-state index is -0.0204. The molecule has 30 heavy (non-hydrogen) atoms. The quantitative estimate of drug-likeness (QED) is 0.649. The minimum Gasteiger partial charge on any atom is -0.376 e. The van der Waals surface area contributed by atoms with E-state index in [0.717, 1.165) is 55.8 Å². The second-order valence-corrected chi connectivity index (χ2v) is 9.01. The molecule has 0 spiro atoms. The average molecular weight is 430 g/mol. The number of nitrogens with zero attached hydrogens (tertiary/aromatic N) is 4. The van der Waals surface area contributed by atoms with Crippen LogP contribution in [0.15, 0.2) is 35.5 Å². The number of carbonyl (C=O) groups is 1. The maximum Gasteiger partial charge on any atom is 0.230 e. The molecule has 2 saturated heterocycles. The van der Waals surface area contributed by atoms with Gasteiger partial charge in [-0.15, -0.1) is 10.2 Å². The Balaban J connectivity index is 1.40. The number of amides is 1. The lowest BCUT2D eigenvalue weighted by Gasteiger charge is -2.28. The van der Waals surface area contributed by atoms with Crippen LogP contribution in [0.4, 0.5) is 5.95 Å². The van der Waals surface area contributed by atoms with E-state index in [-0.39, 0.29) is 18.1 Å². The van der Waals surface area contributed by atoms with E-state index in [9.17, 15) is 4.79 Å². The number of thioether (sulfide) groups is 1. The highest BCUT2D eigenvalue weighted by Gasteiger charge is 2.25. The van der Waals surface area contributed by atoms with Crippen LogP contribution in [0.3, 0.4) is 0 Å². The monoisotopic (exact) mass is 429 g/mol. The van der Waals surface area contributed by atoms with Gasteiger partial charge >= 0.3 is 0 Å². The highest BCUT2D eigenvalue weighted by atomic mass is 32.2. The third-order valence-corrected chi connectivity index (χ3v) is 6.72. The number of anilines is 1. The second-order valence-electron chi connectivity index (χ2n) is 8.06. The Bertz CT molecular complexity index is 816. The van der Waals surface area contributed by atoms with Gasteiger partial charge in [-0.1, -0.05) is 42.1 Å². The molecule has 2 atom stereocenters. The van der Waals surface area contributed by atoms with Gasteiger partial charge in [0.1, 0.15) is 0 Å². The van der Waals surface area contributed by atoms with Crippen molar-refractivity contribution in [3.05, 3.63) is 35.9 Å². The fourth-order valence-electron chi connectivity index (χ4n) is 4.11. The number of ether oxygens (including phenoxy) is 1. The first kappa shape index (κ1) is 21.2. The van der Waals surface area contributed by atoms with E-state index in [1.54, 1.807) is 0 Å². The Labute approximate surface area is 182 Å². The van der Waals surface area contributed by atoms with Gasteiger partial charge in [-0.05, 0) is 44.6 Å². The summed E-state index contributed by atoms with van der Waals surface area (Å²) >= 11 is 1.46. The van der Waals surface area contributed by atoms with E-state index >= 15 is 0 Å². The van der Waals surface area contributed by atoms with E-state index in [4.69, 9.17) is 4.74 Å². The zero-order valence-electron chi connectivity index (χ0n) is 17.6. The zero-order valence-corrected chi connectivity index (χ0v) is 18.4. The molecule has 3 heterocycles. The van der Waals surface area contributed by atoms with Gasteiger partial charge in [0.2, 0.25) is 11.9 Å². The van der Waals surface area contributed by atoms with Crippen molar-refractivity contribution in [1.29, 1.82) is 0 Å². The molecule has 0 radical (unpaired) electrons. The molecule has 4 rings (SSSR count). The lowest BCUT2D eigenvalue weighted by atomic mass is 10.1. The van der Waals surface area contributed by atoms with E-state index in [2.05, 4.69) is 25.0 Å². The summed E-state index contributed by atoms with van der Waals surface area (Å²) in [6.07, 6.45) is 6.03. The molecule has 2 aliphatic heterocycles. The SMILES string of the molecule is C[C@H](NC(=O)CSc1nnc(N2CCCCC2)n1C[C@@H]1CCCO1)c1ccccc1. The van der Waals surface area contributed by atoms with Crippen LogP contribution >= 0.6 is 11.8 Å². The summed E-state index contributed by atoms with van der Waals surface area (Å²) in [5.41, 5.74) is 1.10. The number of hydrogen-bond acceptors (Lipinski definition) is 6. The van der Waals surface area contributed by atoms with Crippen LogP contribution in [0.1, 0.15) is 50.6 Å². The number of rotatable bonds is 8. The van der Waals surface area contributed by atoms with E-state index in [0.29, 0.717) is 5.75 Å². The number of carbonyl (C=O) groups excluding carboxylic acids is 1.